The van der Waals surface area contributed by atoms with Crippen LogP contribution in [0.4, 0.5) is 11.4 Å². The lowest BCUT2D eigenvalue weighted by Gasteiger charge is -2.13. The average Bonchev–Trinajstić information content (AvgIpc) is 3.27. The van der Waals surface area contributed by atoms with E-state index in [1.807, 2.05) is 64.8 Å². The number of aryl methyl sites for hydroxylation is 1. The van der Waals surface area contributed by atoms with Crippen LogP contribution in [0.3, 0.4) is 0 Å². The minimum Gasteiger partial charge on any atom is -0.494 e. The van der Waals surface area contributed by atoms with Crippen molar-refractivity contribution < 1.29 is 9.53 Å². The highest BCUT2D eigenvalue weighted by Gasteiger charge is 2.11. The molecule has 0 saturated heterocycles. The number of rotatable bonds is 6. The summed E-state index contributed by atoms with van der Waals surface area (Å²) in [7, 11) is 1.65. The van der Waals surface area contributed by atoms with Crippen LogP contribution in [0.1, 0.15) is 18.3 Å². The number of ketones is 1. The molecule has 0 atom stereocenters. The monoisotopic (exact) mass is 375 g/mol. The summed E-state index contributed by atoms with van der Waals surface area (Å²) >= 11 is 0. The molecule has 0 fully saturated rings. The number of nitrogens with one attached hydrogen (secondary N) is 1. The molecule has 0 spiro atoms. The number of imidazole rings is 2. The number of pyridine rings is 1. The number of methoxy groups -OCH3 is 1. The van der Waals surface area contributed by atoms with Crippen molar-refractivity contribution in [3.63, 3.8) is 0 Å². The Morgan fingerprint density at radius 1 is 1.25 bits per heavy atom. The van der Waals surface area contributed by atoms with E-state index in [2.05, 4.69) is 15.3 Å². The summed E-state index contributed by atoms with van der Waals surface area (Å²) in [6, 6.07) is 9.80. The summed E-state index contributed by atoms with van der Waals surface area (Å²) in [5, 5.41) is 3.40. The molecule has 0 amide bonds. The maximum atomic E-state index is 11.4. The zero-order chi connectivity index (χ0) is 19.7. The van der Waals surface area contributed by atoms with Gasteiger partial charge in [-0.15, -0.1) is 0 Å². The highest BCUT2D eigenvalue weighted by molar-refractivity contribution is 5.79. The van der Waals surface area contributed by atoms with Gasteiger partial charge in [0.2, 0.25) is 0 Å². The van der Waals surface area contributed by atoms with Gasteiger partial charge in [0, 0.05) is 36.8 Å². The van der Waals surface area contributed by atoms with Gasteiger partial charge in [-0.3, -0.25) is 4.79 Å². The van der Waals surface area contributed by atoms with Crippen LogP contribution in [0.2, 0.25) is 0 Å². The molecule has 0 saturated carbocycles. The summed E-state index contributed by atoms with van der Waals surface area (Å²) in [6.45, 7) is 3.52. The fourth-order valence-corrected chi connectivity index (χ4v) is 3.18. The molecule has 3 heterocycles. The number of ether oxygens (including phenoxy) is 1. The summed E-state index contributed by atoms with van der Waals surface area (Å²) in [5.74, 6) is 0.822. The molecule has 3 aromatic heterocycles. The third kappa shape index (κ3) is 3.46. The van der Waals surface area contributed by atoms with Gasteiger partial charge in [0.15, 0.2) is 5.65 Å². The smallest absolute Gasteiger partial charge is 0.160 e. The van der Waals surface area contributed by atoms with Gasteiger partial charge in [0.1, 0.15) is 11.5 Å². The van der Waals surface area contributed by atoms with E-state index in [0.29, 0.717) is 6.42 Å². The highest BCUT2D eigenvalue weighted by Crippen LogP contribution is 2.29. The zero-order valence-electron chi connectivity index (χ0n) is 16.0. The lowest BCUT2D eigenvalue weighted by Crippen LogP contribution is -1.99. The SMILES string of the molecule is COc1cc(Nc2cccn3cc(CC(C)=O)nc23)ccc1-n1cnc(C)c1. The van der Waals surface area contributed by atoms with Crippen LogP contribution < -0.4 is 10.1 Å². The highest BCUT2D eigenvalue weighted by atomic mass is 16.5. The van der Waals surface area contributed by atoms with Crippen molar-refractivity contribution in [2.75, 3.05) is 12.4 Å². The van der Waals surface area contributed by atoms with E-state index in [0.717, 1.165) is 39.8 Å². The molecular formula is C21H21N5O2. The van der Waals surface area contributed by atoms with E-state index >= 15 is 0 Å². The zero-order valence-corrected chi connectivity index (χ0v) is 16.0. The maximum Gasteiger partial charge on any atom is 0.160 e. The van der Waals surface area contributed by atoms with Gasteiger partial charge >= 0.3 is 0 Å². The molecule has 1 aromatic carbocycles. The Hall–Kier alpha value is -3.61. The first kappa shape index (κ1) is 17.8. The molecule has 0 aliphatic carbocycles. The van der Waals surface area contributed by atoms with E-state index < -0.39 is 0 Å². The summed E-state index contributed by atoms with van der Waals surface area (Å²) in [4.78, 5) is 20.3. The lowest BCUT2D eigenvalue weighted by molar-refractivity contribution is -0.116. The van der Waals surface area contributed by atoms with Gasteiger partial charge in [0.25, 0.3) is 0 Å². The van der Waals surface area contributed by atoms with E-state index in [1.54, 1.807) is 20.4 Å². The molecule has 28 heavy (non-hydrogen) atoms. The van der Waals surface area contributed by atoms with Crippen LogP contribution >= 0.6 is 0 Å². The molecule has 7 heteroatoms. The van der Waals surface area contributed by atoms with Gasteiger partial charge in [-0.2, -0.15) is 0 Å². The first-order valence-corrected chi connectivity index (χ1v) is 8.95. The Bertz CT molecular complexity index is 1160. The van der Waals surface area contributed by atoms with Crippen LogP contribution in [-0.4, -0.2) is 31.8 Å². The molecule has 142 valence electrons. The number of hydrogen-bond acceptors (Lipinski definition) is 5. The van der Waals surface area contributed by atoms with Crippen molar-refractivity contribution in [3.8, 4) is 11.4 Å². The number of benzene rings is 1. The molecule has 4 rings (SSSR count). The Morgan fingerprint density at radius 2 is 2.11 bits per heavy atom. The quantitative estimate of drug-likeness (QED) is 0.556. The van der Waals surface area contributed by atoms with Crippen molar-refractivity contribution in [2.24, 2.45) is 0 Å². The van der Waals surface area contributed by atoms with Crippen molar-refractivity contribution >= 4 is 22.8 Å². The largest absolute Gasteiger partial charge is 0.494 e. The number of Topliss-reactive ketones (excluding diaryl/α,β-unsaturated/α-hetero) is 1. The maximum absolute atomic E-state index is 11.4. The molecule has 0 aliphatic heterocycles. The topological polar surface area (TPSA) is 73.4 Å². The van der Waals surface area contributed by atoms with Crippen LogP contribution in [-0.2, 0) is 11.2 Å². The Kier molecular flexibility index (Phi) is 4.57. The van der Waals surface area contributed by atoms with Crippen molar-refractivity contribution in [1.82, 2.24) is 18.9 Å². The number of fused-ring (bicyclic) bond motifs is 1. The summed E-state index contributed by atoms with van der Waals surface area (Å²) in [5.41, 5.74) is 5.11. The normalized spacial score (nSPS) is 11.0. The Morgan fingerprint density at radius 3 is 2.82 bits per heavy atom. The van der Waals surface area contributed by atoms with Gasteiger partial charge in [-0.05, 0) is 38.1 Å². The van der Waals surface area contributed by atoms with Gasteiger partial charge in [-0.1, -0.05) is 0 Å². The lowest BCUT2D eigenvalue weighted by atomic mass is 10.2. The van der Waals surface area contributed by atoms with Crippen LogP contribution in [0.5, 0.6) is 5.75 Å². The minimum atomic E-state index is 0.0907. The van der Waals surface area contributed by atoms with Crippen LogP contribution in [0, 0.1) is 6.92 Å². The summed E-state index contributed by atoms with van der Waals surface area (Å²) < 4.78 is 9.42. The molecular weight excluding hydrogens is 354 g/mol. The molecule has 0 aliphatic rings. The number of anilines is 2. The van der Waals surface area contributed by atoms with Gasteiger partial charge < -0.3 is 19.0 Å². The van der Waals surface area contributed by atoms with Crippen molar-refractivity contribution in [1.29, 1.82) is 0 Å². The summed E-state index contributed by atoms with van der Waals surface area (Å²) in [6.07, 6.45) is 7.85. The predicted octanol–water partition coefficient (Wildman–Crippen LogP) is 3.71. The molecule has 7 nitrogen and oxygen atoms in total. The van der Waals surface area contributed by atoms with Gasteiger partial charge in [0.05, 0.1) is 36.2 Å². The Balaban J connectivity index is 1.67. The Labute approximate surface area is 162 Å². The van der Waals surface area contributed by atoms with E-state index in [-0.39, 0.29) is 5.78 Å². The van der Waals surface area contributed by atoms with E-state index in [9.17, 15) is 4.79 Å². The average molecular weight is 375 g/mol. The molecule has 0 unspecified atom stereocenters. The number of nitrogens with zero attached hydrogens (tertiary/aromatic N) is 4. The van der Waals surface area contributed by atoms with Crippen LogP contribution in [0.15, 0.2) is 55.2 Å². The van der Waals surface area contributed by atoms with Crippen molar-refractivity contribution in [3.05, 3.63) is 66.6 Å². The second kappa shape index (κ2) is 7.19. The standard InChI is InChI=1S/C21H21N5O2/c1-14-11-26(13-22-14)19-7-6-16(10-20(19)28-3)23-18-5-4-8-25-12-17(9-15(2)27)24-21(18)25/h4-8,10-13,23H,9H2,1-3H3. The first-order valence-electron chi connectivity index (χ1n) is 8.95. The number of aromatic nitrogens is 4. The minimum absolute atomic E-state index is 0.0907. The van der Waals surface area contributed by atoms with Gasteiger partial charge in [-0.25, -0.2) is 9.97 Å². The first-order chi connectivity index (χ1) is 13.5. The fourth-order valence-electron chi connectivity index (χ4n) is 3.18. The number of carbonyl (C=O) groups excluding carboxylic acids is 1. The predicted molar refractivity (Wildman–Crippen MR) is 108 cm³/mol. The molecule has 4 aromatic rings. The third-order valence-corrected chi connectivity index (χ3v) is 4.41. The van der Waals surface area contributed by atoms with Crippen molar-refractivity contribution in [2.45, 2.75) is 20.3 Å². The van der Waals surface area contributed by atoms with Crippen LogP contribution in [0.25, 0.3) is 11.3 Å². The third-order valence-electron chi connectivity index (χ3n) is 4.41. The molecule has 1 N–H and O–H groups in total. The molecule has 0 radical (unpaired) electrons. The fraction of sp³-hybridized carbons (Fsp3) is 0.190. The second-order valence-electron chi connectivity index (χ2n) is 6.70. The van der Waals surface area contributed by atoms with E-state index in [1.165, 1.54) is 0 Å². The second-order valence-corrected chi connectivity index (χ2v) is 6.70. The number of carbonyl (C=O) groups is 1. The number of hydrogen-bond donors (Lipinski definition) is 1. The van der Waals surface area contributed by atoms with E-state index in [4.69, 9.17) is 4.74 Å². The molecule has 0 bridgehead atoms.